The Balaban J connectivity index is 2.06. The largest absolute Gasteiger partial charge is 0.466 e. The van der Waals surface area contributed by atoms with Crippen LogP contribution in [0.15, 0.2) is 16.5 Å². The van der Waals surface area contributed by atoms with E-state index >= 15 is 0 Å². The van der Waals surface area contributed by atoms with E-state index in [0.717, 1.165) is 17.1 Å². The second-order valence-electron chi connectivity index (χ2n) is 6.37. The molecule has 0 radical (unpaired) electrons. The normalized spacial score (nSPS) is 15.3. The SMILES string of the molecule is Cc1cc(C)n(C(C)C(=O)NCC(C)(O)c2cc(C)oc2C)n1. The lowest BCUT2D eigenvalue weighted by atomic mass is 9.96. The van der Waals surface area contributed by atoms with Gasteiger partial charge in [-0.1, -0.05) is 0 Å². The number of hydrogen-bond donors (Lipinski definition) is 2. The molecule has 0 aliphatic carbocycles. The van der Waals surface area contributed by atoms with Crippen molar-refractivity contribution in [3.8, 4) is 0 Å². The zero-order valence-electron chi connectivity index (χ0n) is 14.6. The van der Waals surface area contributed by atoms with Crippen LogP contribution in [-0.4, -0.2) is 27.3 Å². The van der Waals surface area contributed by atoms with Crippen LogP contribution in [0.5, 0.6) is 0 Å². The molecule has 6 heteroatoms. The number of nitrogens with zero attached hydrogens (tertiary/aromatic N) is 2. The van der Waals surface area contributed by atoms with Gasteiger partial charge in [0.05, 0.1) is 12.2 Å². The molecule has 0 spiro atoms. The molecule has 0 fully saturated rings. The van der Waals surface area contributed by atoms with E-state index in [0.29, 0.717) is 11.3 Å². The topological polar surface area (TPSA) is 80.3 Å². The summed E-state index contributed by atoms with van der Waals surface area (Å²) in [7, 11) is 0. The molecule has 2 aromatic heterocycles. The van der Waals surface area contributed by atoms with E-state index in [2.05, 4.69) is 10.4 Å². The van der Waals surface area contributed by atoms with E-state index in [1.165, 1.54) is 0 Å². The Morgan fingerprint density at radius 1 is 1.39 bits per heavy atom. The molecule has 2 heterocycles. The molecule has 126 valence electrons. The van der Waals surface area contributed by atoms with Crippen LogP contribution in [-0.2, 0) is 10.4 Å². The molecule has 0 saturated carbocycles. The van der Waals surface area contributed by atoms with Gasteiger partial charge in [0.2, 0.25) is 5.91 Å². The zero-order valence-corrected chi connectivity index (χ0v) is 14.6. The quantitative estimate of drug-likeness (QED) is 0.886. The van der Waals surface area contributed by atoms with Crippen molar-refractivity contribution < 1.29 is 14.3 Å². The van der Waals surface area contributed by atoms with Gasteiger partial charge in [0, 0.05) is 11.3 Å². The van der Waals surface area contributed by atoms with Crippen molar-refractivity contribution in [2.45, 2.75) is 53.2 Å². The lowest BCUT2D eigenvalue weighted by Crippen LogP contribution is -2.41. The van der Waals surface area contributed by atoms with Crippen molar-refractivity contribution in [1.29, 1.82) is 0 Å². The van der Waals surface area contributed by atoms with Crippen molar-refractivity contribution in [1.82, 2.24) is 15.1 Å². The first-order chi connectivity index (χ1) is 10.6. The van der Waals surface area contributed by atoms with Gasteiger partial charge in [-0.25, -0.2) is 0 Å². The monoisotopic (exact) mass is 319 g/mol. The van der Waals surface area contributed by atoms with Gasteiger partial charge in [0.15, 0.2) is 0 Å². The number of rotatable bonds is 5. The average molecular weight is 319 g/mol. The first-order valence-electron chi connectivity index (χ1n) is 7.72. The maximum atomic E-state index is 12.4. The van der Waals surface area contributed by atoms with Crippen LogP contribution >= 0.6 is 0 Å². The predicted octanol–water partition coefficient (Wildman–Crippen LogP) is 2.29. The Hall–Kier alpha value is -2.08. The number of nitrogens with one attached hydrogen (secondary N) is 1. The maximum Gasteiger partial charge on any atom is 0.244 e. The van der Waals surface area contributed by atoms with Gasteiger partial charge >= 0.3 is 0 Å². The van der Waals surface area contributed by atoms with E-state index in [1.807, 2.05) is 26.8 Å². The number of aryl methyl sites for hydroxylation is 4. The summed E-state index contributed by atoms with van der Waals surface area (Å²) in [6.07, 6.45) is 0. The lowest BCUT2D eigenvalue weighted by molar-refractivity contribution is -0.125. The van der Waals surface area contributed by atoms with Crippen LogP contribution in [0.4, 0.5) is 0 Å². The van der Waals surface area contributed by atoms with Crippen LogP contribution in [0.1, 0.15) is 48.4 Å². The summed E-state index contributed by atoms with van der Waals surface area (Å²) in [6, 6.07) is 3.29. The minimum atomic E-state index is -1.19. The molecule has 0 aromatic carbocycles. The molecule has 0 bridgehead atoms. The Morgan fingerprint density at radius 2 is 2.04 bits per heavy atom. The highest BCUT2D eigenvalue weighted by atomic mass is 16.3. The lowest BCUT2D eigenvalue weighted by Gasteiger charge is -2.24. The molecule has 23 heavy (non-hydrogen) atoms. The number of hydrogen-bond acceptors (Lipinski definition) is 4. The summed E-state index contributed by atoms with van der Waals surface area (Å²) in [6.45, 7) is 11.0. The Kier molecular flexibility index (Phi) is 4.66. The minimum absolute atomic E-state index is 0.106. The molecule has 0 aliphatic heterocycles. The highest BCUT2D eigenvalue weighted by molar-refractivity contribution is 5.80. The molecular weight excluding hydrogens is 294 g/mol. The maximum absolute atomic E-state index is 12.4. The summed E-state index contributed by atoms with van der Waals surface area (Å²) >= 11 is 0. The summed E-state index contributed by atoms with van der Waals surface area (Å²) in [5.41, 5.74) is 1.30. The van der Waals surface area contributed by atoms with E-state index in [1.54, 1.807) is 31.5 Å². The van der Waals surface area contributed by atoms with Crippen molar-refractivity contribution >= 4 is 5.91 Å². The molecule has 6 nitrogen and oxygen atoms in total. The number of carbonyl (C=O) groups is 1. The van der Waals surface area contributed by atoms with Crippen molar-refractivity contribution in [3.05, 3.63) is 40.6 Å². The van der Waals surface area contributed by atoms with Crippen molar-refractivity contribution in [2.24, 2.45) is 0 Å². The number of aliphatic hydroxyl groups is 1. The number of furan rings is 1. The summed E-state index contributed by atoms with van der Waals surface area (Å²) < 4.78 is 7.14. The van der Waals surface area contributed by atoms with Crippen molar-refractivity contribution in [3.63, 3.8) is 0 Å². The first-order valence-corrected chi connectivity index (χ1v) is 7.72. The molecule has 2 aromatic rings. The standard InChI is InChI=1S/C17H25N3O3/c1-10-7-11(2)20(19-10)13(4)16(21)18-9-17(6,22)15-8-12(3)23-14(15)5/h7-8,13,22H,9H2,1-6H3,(H,18,21). The Bertz CT molecular complexity index is 713. The molecule has 0 aliphatic rings. The second-order valence-corrected chi connectivity index (χ2v) is 6.37. The van der Waals surface area contributed by atoms with E-state index in [9.17, 15) is 9.90 Å². The molecule has 0 saturated heterocycles. The first kappa shape index (κ1) is 17.3. The summed E-state index contributed by atoms with van der Waals surface area (Å²) in [4.78, 5) is 12.4. The summed E-state index contributed by atoms with van der Waals surface area (Å²) in [5, 5.41) is 17.8. The van der Waals surface area contributed by atoms with E-state index < -0.39 is 11.6 Å². The third kappa shape index (κ3) is 3.64. The van der Waals surface area contributed by atoms with Gasteiger partial charge in [-0.3, -0.25) is 9.48 Å². The minimum Gasteiger partial charge on any atom is -0.466 e. The van der Waals surface area contributed by atoms with Gasteiger partial charge < -0.3 is 14.8 Å². The van der Waals surface area contributed by atoms with Gasteiger partial charge in [-0.05, 0) is 53.7 Å². The van der Waals surface area contributed by atoms with Gasteiger partial charge in [-0.2, -0.15) is 5.10 Å². The van der Waals surface area contributed by atoms with Gasteiger partial charge in [0.1, 0.15) is 23.2 Å². The molecular formula is C17H25N3O3. The average Bonchev–Trinajstić information content (AvgIpc) is 2.97. The summed E-state index contributed by atoms with van der Waals surface area (Å²) in [5.74, 6) is 1.21. The zero-order chi connectivity index (χ0) is 17.4. The highest BCUT2D eigenvalue weighted by Crippen LogP contribution is 2.26. The molecule has 1 amide bonds. The third-order valence-corrected chi connectivity index (χ3v) is 4.02. The third-order valence-electron chi connectivity index (χ3n) is 4.02. The highest BCUT2D eigenvalue weighted by Gasteiger charge is 2.29. The second kappa shape index (κ2) is 6.20. The Morgan fingerprint density at radius 3 is 2.52 bits per heavy atom. The number of carbonyl (C=O) groups excluding carboxylic acids is 1. The smallest absolute Gasteiger partial charge is 0.244 e. The molecule has 2 atom stereocenters. The van der Waals surface area contributed by atoms with Crippen LogP contribution in [0, 0.1) is 27.7 Å². The van der Waals surface area contributed by atoms with Gasteiger partial charge in [-0.15, -0.1) is 0 Å². The van der Waals surface area contributed by atoms with E-state index in [4.69, 9.17) is 4.42 Å². The fourth-order valence-electron chi connectivity index (χ4n) is 2.82. The van der Waals surface area contributed by atoms with Gasteiger partial charge in [0.25, 0.3) is 0 Å². The van der Waals surface area contributed by atoms with Crippen LogP contribution in [0.2, 0.25) is 0 Å². The molecule has 2 N–H and O–H groups in total. The van der Waals surface area contributed by atoms with Crippen LogP contribution in [0.25, 0.3) is 0 Å². The predicted molar refractivity (Wildman–Crippen MR) is 87.2 cm³/mol. The fraction of sp³-hybridized carbons (Fsp3) is 0.529. The fourth-order valence-corrected chi connectivity index (χ4v) is 2.82. The van der Waals surface area contributed by atoms with Crippen LogP contribution in [0.3, 0.4) is 0 Å². The van der Waals surface area contributed by atoms with Crippen LogP contribution < -0.4 is 5.32 Å². The molecule has 2 rings (SSSR count). The number of aromatic nitrogens is 2. The van der Waals surface area contributed by atoms with E-state index in [-0.39, 0.29) is 12.5 Å². The van der Waals surface area contributed by atoms with Crippen molar-refractivity contribution in [2.75, 3.05) is 6.54 Å². The Labute approximate surface area is 136 Å². The number of amides is 1. The molecule has 2 unspecified atom stereocenters.